The van der Waals surface area contributed by atoms with Crippen molar-refractivity contribution >= 4 is 11.8 Å². The maximum absolute atomic E-state index is 12.8. The maximum atomic E-state index is 12.8. The molecule has 1 aliphatic rings. The summed E-state index contributed by atoms with van der Waals surface area (Å²) in [6.45, 7) is 3.22. The van der Waals surface area contributed by atoms with E-state index in [0.29, 0.717) is 48.6 Å². The zero-order valence-corrected chi connectivity index (χ0v) is 16.5. The third kappa shape index (κ3) is 4.27. The van der Waals surface area contributed by atoms with E-state index >= 15 is 0 Å². The van der Waals surface area contributed by atoms with Crippen LogP contribution in [0.2, 0.25) is 0 Å². The molecule has 0 radical (unpaired) electrons. The Morgan fingerprint density at radius 3 is 2.07 bits per heavy atom. The van der Waals surface area contributed by atoms with Gasteiger partial charge in [-0.15, -0.1) is 0 Å². The van der Waals surface area contributed by atoms with Crippen molar-refractivity contribution in [3.05, 3.63) is 59.2 Å². The third-order valence-electron chi connectivity index (χ3n) is 5.07. The van der Waals surface area contributed by atoms with Gasteiger partial charge >= 0.3 is 0 Å². The number of hydrogen-bond acceptors (Lipinski definition) is 4. The van der Waals surface area contributed by atoms with Gasteiger partial charge < -0.3 is 19.7 Å². The molecule has 3 rings (SSSR count). The van der Waals surface area contributed by atoms with E-state index in [1.165, 1.54) is 14.2 Å². The van der Waals surface area contributed by atoms with Gasteiger partial charge in [-0.25, -0.2) is 0 Å². The average molecular weight is 382 g/mol. The van der Waals surface area contributed by atoms with E-state index in [4.69, 9.17) is 9.47 Å². The highest BCUT2D eigenvalue weighted by Crippen LogP contribution is 2.28. The lowest BCUT2D eigenvalue weighted by Gasteiger charge is -2.32. The van der Waals surface area contributed by atoms with E-state index in [1.807, 2.05) is 36.1 Å². The van der Waals surface area contributed by atoms with Crippen LogP contribution in [0.15, 0.2) is 42.5 Å². The quantitative estimate of drug-likeness (QED) is 0.863. The summed E-state index contributed by atoms with van der Waals surface area (Å²) < 4.78 is 10.6. The van der Waals surface area contributed by atoms with Crippen LogP contribution in [0.1, 0.15) is 39.1 Å². The molecule has 2 amide bonds. The Kier molecular flexibility index (Phi) is 6.19. The molecule has 1 aliphatic heterocycles. The van der Waals surface area contributed by atoms with Crippen LogP contribution in [-0.4, -0.2) is 50.1 Å². The van der Waals surface area contributed by atoms with Crippen molar-refractivity contribution in [1.29, 1.82) is 0 Å². The predicted molar refractivity (Wildman–Crippen MR) is 107 cm³/mol. The lowest BCUT2D eigenvalue weighted by Crippen LogP contribution is -2.46. The molecule has 0 atom stereocenters. The number of ether oxygens (including phenoxy) is 2. The summed E-state index contributed by atoms with van der Waals surface area (Å²) in [6, 6.07) is 12.9. The fraction of sp³-hybridized carbons (Fsp3) is 0.364. The minimum absolute atomic E-state index is 0.00388. The number of carbonyl (C=O) groups excluding carboxylic acids is 2. The molecule has 1 N–H and O–H groups in total. The van der Waals surface area contributed by atoms with Gasteiger partial charge in [-0.05, 0) is 44.0 Å². The third-order valence-corrected chi connectivity index (χ3v) is 5.07. The van der Waals surface area contributed by atoms with Gasteiger partial charge in [-0.1, -0.05) is 23.8 Å². The van der Waals surface area contributed by atoms with E-state index in [1.54, 1.807) is 18.2 Å². The van der Waals surface area contributed by atoms with E-state index in [-0.39, 0.29) is 17.9 Å². The second-order valence-corrected chi connectivity index (χ2v) is 6.94. The second-order valence-electron chi connectivity index (χ2n) is 6.94. The molecule has 0 spiro atoms. The summed E-state index contributed by atoms with van der Waals surface area (Å²) in [5.74, 6) is 0.765. The topological polar surface area (TPSA) is 67.9 Å². The minimum atomic E-state index is -0.224. The SMILES string of the molecule is COc1cccc(OC)c1C(=O)NC1CCN(C(=O)c2ccc(C)cc2)CC1. The highest BCUT2D eigenvalue weighted by Gasteiger charge is 2.26. The molecule has 1 saturated heterocycles. The first-order valence-corrected chi connectivity index (χ1v) is 9.41. The molecule has 6 nitrogen and oxygen atoms in total. The Labute approximate surface area is 165 Å². The fourth-order valence-corrected chi connectivity index (χ4v) is 3.44. The first-order chi connectivity index (χ1) is 13.5. The lowest BCUT2D eigenvalue weighted by atomic mass is 10.0. The number of amides is 2. The number of piperidine rings is 1. The molecule has 28 heavy (non-hydrogen) atoms. The Morgan fingerprint density at radius 2 is 1.54 bits per heavy atom. The fourth-order valence-electron chi connectivity index (χ4n) is 3.44. The van der Waals surface area contributed by atoms with Gasteiger partial charge in [0.25, 0.3) is 11.8 Å². The number of aryl methyl sites for hydroxylation is 1. The highest BCUT2D eigenvalue weighted by molar-refractivity contribution is 6.00. The Balaban J connectivity index is 1.61. The van der Waals surface area contributed by atoms with Gasteiger partial charge in [0, 0.05) is 24.7 Å². The molecule has 1 fully saturated rings. The van der Waals surface area contributed by atoms with Gasteiger partial charge in [0.05, 0.1) is 14.2 Å². The van der Waals surface area contributed by atoms with Crippen LogP contribution < -0.4 is 14.8 Å². The molecule has 2 aromatic rings. The van der Waals surface area contributed by atoms with Crippen molar-refractivity contribution in [1.82, 2.24) is 10.2 Å². The van der Waals surface area contributed by atoms with E-state index in [2.05, 4.69) is 5.32 Å². The molecule has 0 aliphatic carbocycles. The largest absolute Gasteiger partial charge is 0.496 e. The zero-order valence-electron chi connectivity index (χ0n) is 16.5. The maximum Gasteiger partial charge on any atom is 0.259 e. The number of carbonyl (C=O) groups is 2. The summed E-state index contributed by atoms with van der Waals surface area (Å²) in [6.07, 6.45) is 1.42. The molecule has 0 bridgehead atoms. The number of rotatable bonds is 5. The van der Waals surface area contributed by atoms with Crippen LogP contribution in [0.3, 0.4) is 0 Å². The van der Waals surface area contributed by atoms with Crippen LogP contribution in [-0.2, 0) is 0 Å². The summed E-state index contributed by atoms with van der Waals surface area (Å²) in [4.78, 5) is 27.3. The number of likely N-dealkylation sites (tertiary alicyclic amines) is 1. The number of hydrogen-bond donors (Lipinski definition) is 1. The van der Waals surface area contributed by atoms with Crippen LogP contribution in [0, 0.1) is 6.92 Å². The van der Waals surface area contributed by atoms with Gasteiger partial charge in [-0.2, -0.15) is 0 Å². The highest BCUT2D eigenvalue weighted by atomic mass is 16.5. The summed E-state index contributed by atoms with van der Waals surface area (Å²) in [5, 5.41) is 3.05. The second kappa shape index (κ2) is 8.78. The normalized spacial score (nSPS) is 14.5. The van der Waals surface area contributed by atoms with Gasteiger partial charge in [0.1, 0.15) is 17.1 Å². The molecule has 1 heterocycles. The monoisotopic (exact) mass is 382 g/mol. The van der Waals surface area contributed by atoms with Gasteiger partial charge in [0.15, 0.2) is 0 Å². The van der Waals surface area contributed by atoms with Gasteiger partial charge in [-0.3, -0.25) is 9.59 Å². The molecule has 148 valence electrons. The zero-order chi connectivity index (χ0) is 20.1. The predicted octanol–water partition coefficient (Wildman–Crippen LogP) is 3.05. The Hall–Kier alpha value is -3.02. The van der Waals surface area contributed by atoms with Crippen LogP contribution in [0.4, 0.5) is 0 Å². The van der Waals surface area contributed by atoms with Crippen molar-refractivity contribution in [2.24, 2.45) is 0 Å². The van der Waals surface area contributed by atoms with E-state index in [0.717, 1.165) is 5.56 Å². The average Bonchev–Trinajstić information content (AvgIpc) is 2.73. The van der Waals surface area contributed by atoms with Crippen LogP contribution in [0.5, 0.6) is 11.5 Å². The Morgan fingerprint density at radius 1 is 0.964 bits per heavy atom. The molecular formula is C22H26N2O4. The molecule has 2 aromatic carbocycles. The first-order valence-electron chi connectivity index (χ1n) is 9.41. The summed E-state index contributed by atoms with van der Waals surface area (Å²) in [5.41, 5.74) is 2.22. The van der Waals surface area contributed by atoms with E-state index < -0.39 is 0 Å². The number of benzene rings is 2. The molecular weight excluding hydrogens is 356 g/mol. The summed E-state index contributed by atoms with van der Waals surface area (Å²) >= 11 is 0. The van der Waals surface area contributed by atoms with Crippen molar-refractivity contribution in [3.63, 3.8) is 0 Å². The Bertz CT molecular complexity index is 818. The van der Waals surface area contributed by atoms with Crippen molar-refractivity contribution in [2.45, 2.75) is 25.8 Å². The first kappa shape index (κ1) is 19.7. The number of nitrogens with one attached hydrogen (secondary N) is 1. The molecule has 0 unspecified atom stereocenters. The molecule has 6 heteroatoms. The minimum Gasteiger partial charge on any atom is -0.496 e. The lowest BCUT2D eigenvalue weighted by molar-refractivity contribution is 0.0698. The molecule has 0 saturated carbocycles. The standard InChI is InChI=1S/C22H26N2O4/c1-15-7-9-16(10-8-15)22(26)24-13-11-17(12-14-24)23-21(25)20-18(27-2)5-4-6-19(20)28-3/h4-10,17H,11-14H2,1-3H3,(H,23,25). The van der Waals surface area contributed by atoms with Crippen molar-refractivity contribution in [3.8, 4) is 11.5 Å². The van der Waals surface area contributed by atoms with Crippen LogP contribution >= 0.6 is 0 Å². The number of nitrogens with zero attached hydrogens (tertiary/aromatic N) is 1. The van der Waals surface area contributed by atoms with Crippen molar-refractivity contribution in [2.75, 3.05) is 27.3 Å². The number of methoxy groups -OCH3 is 2. The smallest absolute Gasteiger partial charge is 0.259 e. The van der Waals surface area contributed by atoms with Crippen molar-refractivity contribution < 1.29 is 19.1 Å². The van der Waals surface area contributed by atoms with Gasteiger partial charge in [0.2, 0.25) is 0 Å². The van der Waals surface area contributed by atoms with Crippen LogP contribution in [0.25, 0.3) is 0 Å². The summed E-state index contributed by atoms with van der Waals surface area (Å²) in [7, 11) is 3.06. The van der Waals surface area contributed by atoms with E-state index in [9.17, 15) is 9.59 Å². The molecule has 0 aromatic heterocycles.